The number of hydrogen-bond donors (Lipinski definition) is 0. The fourth-order valence-corrected chi connectivity index (χ4v) is 5.16. The molecule has 0 spiro atoms. The first kappa shape index (κ1) is 24.8. The molecule has 1 heterocycles. The second-order valence-corrected chi connectivity index (χ2v) is 10.2. The number of para-hydroxylation sites is 1. The van der Waals surface area contributed by atoms with E-state index in [-0.39, 0.29) is 0 Å². The largest absolute Gasteiger partial charge is 0.455 e. The van der Waals surface area contributed by atoms with Crippen molar-refractivity contribution in [3.8, 4) is 11.1 Å². The zero-order chi connectivity index (χ0) is 26.8. The number of furan rings is 1. The molecule has 0 aliphatic carbocycles. The van der Waals surface area contributed by atoms with Gasteiger partial charge in [0.25, 0.3) is 0 Å². The number of aliphatic imine (C=N–C) groups is 2. The molecule has 0 radical (unpaired) electrons. The van der Waals surface area contributed by atoms with Crippen LogP contribution in [0.15, 0.2) is 147 Å². The summed E-state index contributed by atoms with van der Waals surface area (Å²) < 4.78 is 7.41. The average Bonchev–Trinajstić information content (AvgIpc) is 3.35. The van der Waals surface area contributed by atoms with Crippen molar-refractivity contribution in [1.29, 1.82) is 0 Å². The quantitative estimate of drug-likeness (QED) is 0.150. The highest BCUT2D eigenvalue weighted by Crippen LogP contribution is 2.38. The summed E-state index contributed by atoms with van der Waals surface area (Å²) >= 11 is 3.60. The van der Waals surface area contributed by atoms with Gasteiger partial charge in [-0.05, 0) is 36.2 Å². The zero-order valence-electron chi connectivity index (χ0n) is 21.4. The molecule has 4 heteroatoms. The standard InChI is InChI=1S/C35H25BrN2O/c1-23(25-12-5-3-6-13-25)37-35(26-14-7-4-8-15-26)38-24(2)28-16-9-10-17-29(28)30-18-11-19-31-32-22-27(36)20-21-33(32)39-34(30)31/h3-22H,1H2,2H3. The van der Waals surface area contributed by atoms with Gasteiger partial charge in [0, 0.05) is 37.6 Å². The Labute approximate surface area is 236 Å². The summed E-state index contributed by atoms with van der Waals surface area (Å²) in [5.74, 6) is 0.614. The van der Waals surface area contributed by atoms with Crippen molar-refractivity contribution in [2.24, 2.45) is 9.98 Å². The number of halogens is 1. The Morgan fingerprint density at radius 1 is 0.667 bits per heavy atom. The van der Waals surface area contributed by atoms with E-state index in [9.17, 15) is 0 Å². The van der Waals surface area contributed by atoms with Gasteiger partial charge in [0.15, 0.2) is 5.84 Å². The summed E-state index contributed by atoms with van der Waals surface area (Å²) in [6, 6.07) is 40.7. The summed E-state index contributed by atoms with van der Waals surface area (Å²) in [7, 11) is 0. The summed E-state index contributed by atoms with van der Waals surface area (Å²) in [4.78, 5) is 9.96. The Hall–Kier alpha value is -4.54. The molecule has 6 rings (SSSR count). The van der Waals surface area contributed by atoms with Crippen molar-refractivity contribution < 1.29 is 4.42 Å². The number of benzene rings is 5. The topological polar surface area (TPSA) is 37.9 Å². The molecule has 1 aromatic heterocycles. The summed E-state index contributed by atoms with van der Waals surface area (Å²) in [5.41, 5.74) is 8.22. The smallest absolute Gasteiger partial charge is 0.160 e. The van der Waals surface area contributed by atoms with Crippen LogP contribution in [0.25, 0.3) is 38.8 Å². The van der Waals surface area contributed by atoms with Crippen LogP contribution in [0.2, 0.25) is 0 Å². The molecule has 0 atom stereocenters. The number of amidine groups is 1. The van der Waals surface area contributed by atoms with Crippen LogP contribution in [0.5, 0.6) is 0 Å². The van der Waals surface area contributed by atoms with E-state index in [1.807, 2.05) is 91.9 Å². The van der Waals surface area contributed by atoms with E-state index in [1.165, 1.54) is 0 Å². The van der Waals surface area contributed by atoms with Crippen LogP contribution in [0, 0.1) is 0 Å². The second kappa shape index (κ2) is 10.7. The van der Waals surface area contributed by atoms with Crippen LogP contribution in [-0.2, 0) is 0 Å². The van der Waals surface area contributed by atoms with Gasteiger partial charge in [-0.15, -0.1) is 0 Å². The molecule has 0 saturated heterocycles. The second-order valence-electron chi connectivity index (χ2n) is 9.28. The molecular formula is C35H25BrN2O. The molecule has 3 nitrogen and oxygen atoms in total. The molecule has 0 fully saturated rings. The molecule has 0 aliphatic rings. The van der Waals surface area contributed by atoms with Crippen LogP contribution in [0.3, 0.4) is 0 Å². The predicted octanol–water partition coefficient (Wildman–Crippen LogP) is 9.94. The number of fused-ring (bicyclic) bond motifs is 3. The van der Waals surface area contributed by atoms with Crippen molar-refractivity contribution >= 4 is 55.1 Å². The molecule has 6 aromatic rings. The van der Waals surface area contributed by atoms with Crippen LogP contribution in [-0.4, -0.2) is 11.5 Å². The molecule has 0 aliphatic heterocycles. The van der Waals surface area contributed by atoms with Gasteiger partial charge in [-0.25, -0.2) is 9.98 Å². The lowest BCUT2D eigenvalue weighted by atomic mass is 9.95. The van der Waals surface area contributed by atoms with Gasteiger partial charge < -0.3 is 4.42 Å². The molecule has 0 N–H and O–H groups in total. The van der Waals surface area contributed by atoms with E-state index in [4.69, 9.17) is 14.4 Å². The molecule has 188 valence electrons. The Kier molecular flexibility index (Phi) is 6.78. The summed E-state index contributed by atoms with van der Waals surface area (Å²) in [6.45, 7) is 6.25. The Balaban J connectivity index is 1.49. The first-order valence-electron chi connectivity index (χ1n) is 12.7. The first-order chi connectivity index (χ1) is 19.1. The molecule has 39 heavy (non-hydrogen) atoms. The van der Waals surface area contributed by atoms with E-state index >= 15 is 0 Å². The Morgan fingerprint density at radius 3 is 2.10 bits per heavy atom. The number of nitrogens with zero attached hydrogens (tertiary/aromatic N) is 2. The van der Waals surface area contributed by atoms with Gasteiger partial charge in [-0.3, -0.25) is 0 Å². The van der Waals surface area contributed by atoms with Gasteiger partial charge >= 0.3 is 0 Å². The molecular weight excluding hydrogens is 544 g/mol. The minimum atomic E-state index is 0.614. The van der Waals surface area contributed by atoms with Crippen molar-refractivity contribution in [2.45, 2.75) is 6.92 Å². The molecule has 0 bridgehead atoms. The fraction of sp³-hybridized carbons (Fsp3) is 0.0286. The van der Waals surface area contributed by atoms with Crippen molar-refractivity contribution in [3.63, 3.8) is 0 Å². The van der Waals surface area contributed by atoms with Gasteiger partial charge in [0.05, 0.1) is 5.70 Å². The lowest BCUT2D eigenvalue weighted by Crippen LogP contribution is -2.05. The molecule has 5 aromatic carbocycles. The normalized spacial score (nSPS) is 12.3. The lowest BCUT2D eigenvalue weighted by Gasteiger charge is -2.11. The molecule has 0 amide bonds. The maximum Gasteiger partial charge on any atom is 0.160 e. The maximum absolute atomic E-state index is 6.38. The Bertz CT molecular complexity index is 1880. The van der Waals surface area contributed by atoms with Crippen LogP contribution < -0.4 is 0 Å². The Morgan fingerprint density at radius 2 is 1.33 bits per heavy atom. The van der Waals surface area contributed by atoms with E-state index in [2.05, 4.69) is 58.9 Å². The fourth-order valence-electron chi connectivity index (χ4n) is 4.80. The average molecular weight is 570 g/mol. The van der Waals surface area contributed by atoms with E-state index in [0.29, 0.717) is 11.5 Å². The SMILES string of the molecule is C=C(N=C(N=C(C)c1ccccc1-c1cccc2c1oc1ccc(Br)cc12)c1ccccc1)c1ccccc1. The van der Waals surface area contributed by atoms with Crippen LogP contribution in [0.1, 0.15) is 23.6 Å². The summed E-state index contributed by atoms with van der Waals surface area (Å²) in [5, 5.41) is 2.17. The van der Waals surface area contributed by atoms with Gasteiger partial charge in [0.1, 0.15) is 11.2 Å². The van der Waals surface area contributed by atoms with E-state index < -0.39 is 0 Å². The highest BCUT2D eigenvalue weighted by Gasteiger charge is 2.16. The maximum atomic E-state index is 6.38. The van der Waals surface area contributed by atoms with E-state index in [0.717, 1.165) is 59.9 Å². The number of hydrogen-bond acceptors (Lipinski definition) is 2. The van der Waals surface area contributed by atoms with Crippen molar-refractivity contribution in [3.05, 3.63) is 149 Å². The van der Waals surface area contributed by atoms with E-state index in [1.54, 1.807) is 0 Å². The summed E-state index contributed by atoms with van der Waals surface area (Å²) in [6.07, 6.45) is 0. The number of rotatable bonds is 5. The van der Waals surface area contributed by atoms with Crippen LogP contribution in [0.4, 0.5) is 0 Å². The highest BCUT2D eigenvalue weighted by molar-refractivity contribution is 9.10. The highest BCUT2D eigenvalue weighted by atomic mass is 79.9. The molecule has 0 saturated carbocycles. The monoisotopic (exact) mass is 568 g/mol. The molecule has 0 unspecified atom stereocenters. The third-order valence-electron chi connectivity index (χ3n) is 6.72. The predicted molar refractivity (Wildman–Crippen MR) is 168 cm³/mol. The van der Waals surface area contributed by atoms with Crippen molar-refractivity contribution in [2.75, 3.05) is 0 Å². The third-order valence-corrected chi connectivity index (χ3v) is 7.21. The minimum Gasteiger partial charge on any atom is -0.455 e. The minimum absolute atomic E-state index is 0.614. The third kappa shape index (κ3) is 4.99. The van der Waals surface area contributed by atoms with Gasteiger partial charge in [0.2, 0.25) is 0 Å². The lowest BCUT2D eigenvalue weighted by molar-refractivity contribution is 0.670. The van der Waals surface area contributed by atoms with Crippen molar-refractivity contribution in [1.82, 2.24) is 0 Å². The van der Waals surface area contributed by atoms with Gasteiger partial charge in [-0.2, -0.15) is 0 Å². The first-order valence-corrected chi connectivity index (χ1v) is 13.5. The van der Waals surface area contributed by atoms with Crippen LogP contribution >= 0.6 is 15.9 Å². The zero-order valence-corrected chi connectivity index (χ0v) is 23.0. The van der Waals surface area contributed by atoms with Gasteiger partial charge in [-0.1, -0.05) is 126 Å².